The molecular formula is C13H23ClN2O3. The zero-order chi connectivity index (χ0) is 13.1. The zero-order valence-corrected chi connectivity index (χ0v) is 12.1. The maximum atomic E-state index is 12.1. The molecule has 0 aromatic heterocycles. The predicted octanol–water partition coefficient (Wildman–Crippen LogP) is 0.851. The van der Waals surface area contributed by atoms with Crippen molar-refractivity contribution in [3.8, 4) is 0 Å². The molecule has 0 aromatic carbocycles. The zero-order valence-electron chi connectivity index (χ0n) is 11.3. The third kappa shape index (κ3) is 3.60. The highest BCUT2D eigenvalue weighted by atomic mass is 35.5. The molecule has 4 atom stereocenters. The standard InChI is InChI=1S/C13H22N2O3.ClH/c1-18-10(16)3-2-6-15-13(17)11-8-4-5-9(7-8)12(11)14;/h8-9,11-12H,2-7,14H2,1H3,(H,15,17);1H. The van der Waals surface area contributed by atoms with Crippen LogP contribution in [0.15, 0.2) is 0 Å². The van der Waals surface area contributed by atoms with Crippen LogP contribution in [0.3, 0.4) is 0 Å². The molecule has 2 bridgehead atoms. The number of fused-ring (bicyclic) bond motifs is 2. The first kappa shape index (κ1) is 16.2. The van der Waals surface area contributed by atoms with Crippen molar-refractivity contribution in [1.29, 1.82) is 0 Å². The lowest BCUT2D eigenvalue weighted by Crippen LogP contribution is -2.45. The third-order valence-corrected chi connectivity index (χ3v) is 4.37. The summed E-state index contributed by atoms with van der Waals surface area (Å²) in [6.45, 7) is 0.522. The van der Waals surface area contributed by atoms with Gasteiger partial charge in [0.25, 0.3) is 0 Å². The Balaban J connectivity index is 0.00000180. The number of carbonyl (C=O) groups is 2. The Kier molecular flexibility index (Phi) is 6.07. The topological polar surface area (TPSA) is 81.4 Å². The molecule has 0 aromatic rings. The molecule has 2 rings (SSSR count). The van der Waals surface area contributed by atoms with Crippen LogP contribution in [0.4, 0.5) is 0 Å². The van der Waals surface area contributed by atoms with Crippen molar-refractivity contribution in [3.63, 3.8) is 0 Å². The van der Waals surface area contributed by atoms with E-state index in [1.807, 2.05) is 0 Å². The van der Waals surface area contributed by atoms with Crippen LogP contribution in [0.25, 0.3) is 0 Å². The number of hydrogen-bond donors (Lipinski definition) is 2. The van der Waals surface area contributed by atoms with E-state index in [0.29, 0.717) is 31.2 Å². The van der Waals surface area contributed by atoms with Gasteiger partial charge in [-0.05, 0) is 37.5 Å². The minimum absolute atomic E-state index is 0. The molecule has 4 unspecified atom stereocenters. The summed E-state index contributed by atoms with van der Waals surface area (Å²) in [7, 11) is 1.37. The number of carbonyl (C=O) groups excluding carboxylic acids is 2. The van der Waals surface area contributed by atoms with Crippen molar-refractivity contribution in [2.24, 2.45) is 23.5 Å². The first-order chi connectivity index (χ1) is 8.63. The fourth-order valence-corrected chi connectivity index (χ4v) is 3.39. The van der Waals surface area contributed by atoms with Gasteiger partial charge in [0.2, 0.25) is 5.91 Å². The van der Waals surface area contributed by atoms with E-state index in [1.165, 1.54) is 13.5 Å². The lowest BCUT2D eigenvalue weighted by molar-refractivity contribution is -0.140. The van der Waals surface area contributed by atoms with Crippen molar-refractivity contribution < 1.29 is 14.3 Å². The SMILES string of the molecule is COC(=O)CCCNC(=O)C1C2CCC(C2)C1N.Cl. The van der Waals surface area contributed by atoms with Gasteiger partial charge in [0.1, 0.15) is 0 Å². The Morgan fingerprint density at radius 2 is 2.00 bits per heavy atom. The number of halogens is 1. The summed E-state index contributed by atoms with van der Waals surface area (Å²) in [5, 5.41) is 2.89. The average molecular weight is 291 g/mol. The number of amides is 1. The van der Waals surface area contributed by atoms with Crippen LogP contribution >= 0.6 is 12.4 Å². The summed E-state index contributed by atoms with van der Waals surface area (Å²) in [4.78, 5) is 23.0. The lowest BCUT2D eigenvalue weighted by atomic mass is 9.84. The number of nitrogens with one attached hydrogen (secondary N) is 1. The van der Waals surface area contributed by atoms with E-state index in [2.05, 4.69) is 10.1 Å². The fourth-order valence-electron chi connectivity index (χ4n) is 3.39. The lowest BCUT2D eigenvalue weighted by Gasteiger charge is -2.26. The van der Waals surface area contributed by atoms with Crippen LogP contribution in [-0.4, -0.2) is 31.6 Å². The summed E-state index contributed by atoms with van der Waals surface area (Å²) >= 11 is 0. The summed E-state index contributed by atoms with van der Waals surface area (Å²) in [6, 6.07) is 0.0318. The smallest absolute Gasteiger partial charge is 0.305 e. The number of nitrogens with two attached hydrogens (primary N) is 1. The fraction of sp³-hybridized carbons (Fsp3) is 0.846. The molecule has 110 valence electrons. The van der Waals surface area contributed by atoms with Crippen molar-refractivity contribution >= 4 is 24.3 Å². The molecule has 2 aliphatic rings. The molecule has 1 amide bonds. The number of rotatable bonds is 5. The van der Waals surface area contributed by atoms with E-state index in [9.17, 15) is 9.59 Å². The Labute approximate surface area is 120 Å². The first-order valence-electron chi connectivity index (χ1n) is 6.73. The largest absolute Gasteiger partial charge is 0.469 e. The van der Waals surface area contributed by atoms with Crippen LogP contribution in [0.1, 0.15) is 32.1 Å². The maximum Gasteiger partial charge on any atom is 0.305 e. The quantitative estimate of drug-likeness (QED) is 0.581. The molecule has 2 aliphatic carbocycles. The van der Waals surface area contributed by atoms with Gasteiger partial charge < -0.3 is 15.8 Å². The predicted molar refractivity (Wildman–Crippen MR) is 73.8 cm³/mol. The monoisotopic (exact) mass is 290 g/mol. The maximum absolute atomic E-state index is 12.1. The Morgan fingerprint density at radius 3 is 2.58 bits per heavy atom. The highest BCUT2D eigenvalue weighted by Crippen LogP contribution is 2.47. The van der Waals surface area contributed by atoms with Gasteiger partial charge in [-0.25, -0.2) is 0 Å². The summed E-state index contributed by atoms with van der Waals surface area (Å²) in [6.07, 6.45) is 4.39. The van der Waals surface area contributed by atoms with Gasteiger partial charge in [-0.1, -0.05) is 0 Å². The highest BCUT2D eigenvalue weighted by Gasteiger charge is 2.48. The van der Waals surface area contributed by atoms with Crippen molar-refractivity contribution in [2.75, 3.05) is 13.7 Å². The van der Waals surface area contributed by atoms with Crippen molar-refractivity contribution in [2.45, 2.75) is 38.1 Å². The van der Waals surface area contributed by atoms with Gasteiger partial charge in [0.05, 0.1) is 13.0 Å². The molecule has 0 heterocycles. The number of methoxy groups -OCH3 is 1. The third-order valence-electron chi connectivity index (χ3n) is 4.37. The first-order valence-corrected chi connectivity index (χ1v) is 6.73. The average Bonchev–Trinajstić information content (AvgIpc) is 2.94. The Hall–Kier alpha value is -0.810. The second kappa shape index (κ2) is 7.10. The molecule has 2 saturated carbocycles. The van der Waals surface area contributed by atoms with E-state index >= 15 is 0 Å². The molecule has 0 radical (unpaired) electrons. The molecule has 5 nitrogen and oxygen atoms in total. The van der Waals surface area contributed by atoms with Gasteiger partial charge >= 0.3 is 5.97 Å². The molecule has 0 aliphatic heterocycles. The van der Waals surface area contributed by atoms with Crippen LogP contribution < -0.4 is 11.1 Å². The van der Waals surface area contributed by atoms with Gasteiger partial charge in [0, 0.05) is 19.0 Å². The summed E-state index contributed by atoms with van der Waals surface area (Å²) < 4.78 is 4.54. The molecule has 3 N–H and O–H groups in total. The van der Waals surface area contributed by atoms with E-state index in [1.54, 1.807) is 0 Å². The second-order valence-corrected chi connectivity index (χ2v) is 5.41. The minimum atomic E-state index is -0.235. The Morgan fingerprint density at radius 1 is 1.32 bits per heavy atom. The molecule has 6 heteroatoms. The number of hydrogen-bond acceptors (Lipinski definition) is 4. The normalized spacial score (nSPS) is 31.7. The number of ether oxygens (including phenoxy) is 1. The van der Waals surface area contributed by atoms with Crippen LogP contribution in [-0.2, 0) is 14.3 Å². The van der Waals surface area contributed by atoms with Gasteiger partial charge in [0.15, 0.2) is 0 Å². The van der Waals surface area contributed by atoms with E-state index < -0.39 is 0 Å². The Bertz CT molecular complexity index is 336. The van der Waals surface area contributed by atoms with E-state index in [-0.39, 0.29) is 36.2 Å². The van der Waals surface area contributed by atoms with Gasteiger partial charge in [-0.2, -0.15) is 0 Å². The summed E-state index contributed by atoms with van der Waals surface area (Å²) in [5.41, 5.74) is 6.10. The van der Waals surface area contributed by atoms with Crippen molar-refractivity contribution in [3.05, 3.63) is 0 Å². The highest BCUT2D eigenvalue weighted by molar-refractivity contribution is 5.85. The van der Waals surface area contributed by atoms with E-state index in [0.717, 1.165) is 12.8 Å². The minimum Gasteiger partial charge on any atom is -0.469 e. The molecule has 0 spiro atoms. The molecule has 2 fully saturated rings. The molecule has 19 heavy (non-hydrogen) atoms. The van der Waals surface area contributed by atoms with Crippen LogP contribution in [0.5, 0.6) is 0 Å². The van der Waals surface area contributed by atoms with Crippen molar-refractivity contribution in [1.82, 2.24) is 5.32 Å². The van der Waals surface area contributed by atoms with Crippen LogP contribution in [0.2, 0.25) is 0 Å². The van der Waals surface area contributed by atoms with Gasteiger partial charge in [-0.15, -0.1) is 12.4 Å². The number of esters is 1. The summed E-state index contributed by atoms with van der Waals surface area (Å²) in [5.74, 6) is 0.841. The molecular weight excluding hydrogens is 268 g/mol. The van der Waals surface area contributed by atoms with E-state index in [4.69, 9.17) is 5.73 Å². The second-order valence-electron chi connectivity index (χ2n) is 5.41. The van der Waals surface area contributed by atoms with Gasteiger partial charge in [-0.3, -0.25) is 9.59 Å². The van der Waals surface area contributed by atoms with Crippen LogP contribution in [0, 0.1) is 17.8 Å². The molecule has 0 saturated heterocycles.